The van der Waals surface area contributed by atoms with Gasteiger partial charge in [-0.1, -0.05) is 44.6 Å². The van der Waals surface area contributed by atoms with Crippen LogP contribution < -0.4 is 11.1 Å². The van der Waals surface area contributed by atoms with E-state index in [0.29, 0.717) is 5.56 Å². The Hall–Kier alpha value is -1.99. The number of nitrogens with two attached hydrogens (primary N) is 1. The van der Waals surface area contributed by atoms with Gasteiger partial charge in [0.2, 0.25) is 5.91 Å². The molecule has 2 saturated carbocycles. The zero-order chi connectivity index (χ0) is 22.4. The van der Waals surface area contributed by atoms with E-state index in [1.165, 1.54) is 32.1 Å². The van der Waals surface area contributed by atoms with Crippen LogP contribution in [-0.2, 0) is 20.7 Å². The Morgan fingerprint density at radius 3 is 2.03 bits per heavy atom. The van der Waals surface area contributed by atoms with Crippen molar-refractivity contribution in [1.29, 1.82) is 0 Å². The van der Waals surface area contributed by atoms with Crippen LogP contribution in [0.15, 0.2) is 18.2 Å². The number of esters is 1. The molecule has 0 aliphatic heterocycles. The minimum absolute atomic E-state index is 0. The van der Waals surface area contributed by atoms with Crippen LogP contribution in [0.1, 0.15) is 69.8 Å². The molecule has 0 saturated heterocycles. The second-order valence-corrected chi connectivity index (χ2v) is 9.18. The van der Waals surface area contributed by atoms with Gasteiger partial charge in [0.25, 0.3) is 0 Å². The summed E-state index contributed by atoms with van der Waals surface area (Å²) in [6, 6.07) is 3.43. The van der Waals surface area contributed by atoms with Crippen LogP contribution >= 0.6 is 12.4 Å². The number of carbonyl (C=O) groups is 2. The zero-order valence-corrected chi connectivity index (χ0v) is 19.7. The molecule has 0 radical (unpaired) electrons. The third kappa shape index (κ3) is 5.87. The van der Waals surface area contributed by atoms with Gasteiger partial charge in [-0.15, -0.1) is 12.4 Å². The van der Waals surface area contributed by atoms with Crippen LogP contribution in [0.4, 0.5) is 0 Å². The summed E-state index contributed by atoms with van der Waals surface area (Å²) in [5, 5.41) is 22.2. The number of phenols is 2. The Bertz CT molecular complexity index is 758. The van der Waals surface area contributed by atoms with Gasteiger partial charge < -0.3 is 26.0 Å². The van der Waals surface area contributed by atoms with Gasteiger partial charge in [-0.05, 0) is 55.2 Å². The van der Waals surface area contributed by atoms with Gasteiger partial charge in [0.05, 0.1) is 7.11 Å². The van der Waals surface area contributed by atoms with E-state index in [0.717, 1.165) is 51.4 Å². The van der Waals surface area contributed by atoms with Crippen molar-refractivity contribution in [2.75, 3.05) is 7.11 Å². The van der Waals surface area contributed by atoms with Gasteiger partial charge in [-0.3, -0.25) is 4.79 Å². The number of aromatic hydroxyl groups is 2. The van der Waals surface area contributed by atoms with Gasteiger partial charge >= 0.3 is 5.97 Å². The SMILES string of the molecule is COC(=O)[C@H](Cc1ccc(O)c(O)c1)NC(=O)C(N)(C1CCCCC1)C1CCCCC1.Cl. The molecule has 3 rings (SSSR count). The minimum Gasteiger partial charge on any atom is -0.504 e. The Kier molecular flexibility index (Phi) is 9.64. The average molecular weight is 469 g/mol. The van der Waals surface area contributed by atoms with Crippen LogP contribution in [-0.4, -0.2) is 40.8 Å². The maximum Gasteiger partial charge on any atom is 0.328 e. The summed E-state index contributed by atoms with van der Waals surface area (Å²) in [7, 11) is 1.29. The molecule has 7 nitrogen and oxygen atoms in total. The van der Waals surface area contributed by atoms with E-state index in [4.69, 9.17) is 10.5 Å². The highest BCUT2D eigenvalue weighted by Gasteiger charge is 2.49. The lowest BCUT2D eigenvalue weighted by molar-refractivity contribution is -0.147. The molecule has 1 aromatic carbocycles. The highest BCUT2D eigenvalue weighted by Crippen LogP contribution is 2.41. The lowest BCUT2D eigenvalue weighted by Crippen LogP contribution is -2.66. The Labute approximate surface area is 196 Å². The number of benzene rings is 1. The highest BCUT2D eigenvalue weighted by atomic mass is 35.5. The topological polar surface area (TPSA) is 122 Å². The quantitative estimate of drug-likeness (QED) is 0.358. The Balaban J connectivity index is 0.00000363. The summed E-state index contributed by atoms with van der Waals surface area (Å²) in [4.78, 5) is 26.2. The number of halogens is 1. The van der Waals surface area contributed by atoms with Crippen molar-refractivity contribution < 1.29 is 24.5 Å². The summed E-state index contributed by atoms with van der Waals surface area (Å²) in [5.74, 6) is -1.12. The minimum atomic E-state index is -0.996. The molecule has 0 spiro atoms. The summed E-state index contributed by atoms with van der Waals surface area (Å²) in [6.07, 6.45) is 10.6. The van der Waals surface area contributed by atoms with Gasteiger partial charge in [0.1, 0.15) is 11.6 Å². The summed E-state index contributed by atoms with van der Waals surface area (Å²) in [6.45, 7) is 0. The number of amides is 1. The van der Waals surface area contributed by atoms with E-state index in [1.807, 2.05) is 0 Å². The molecule has 2 aliphatic rings. The second kappa shape index (κ2) is 11.8. The van der Waals surface area contributed by atoms with Crippen molar-refractivity contribution in [3.63, 3.8) is 0 Å². The molecule has 0 aromatic heterocycles. The molecule has 2 aliphatic carbocycles. The largest absolute Gasteiger partial charge is 0.504 e. The van der Waals surface area contributed by atoms with Crippen molar-refractivity contribution in [2.45, 2.75) is 82.2 Å². The molecule has 0 heterocycles. The number of carbonyl (C=O) groups excluding carboxylic acids is 2. The molecule has 8 heteroatoms. The number of rotatable bonds is 7. The van der Waals surface area contributed by atoms with Crippen LogP contribution in [0.25, 0.3) is 0 Å². The fourth-order valence-corrected chi connectivity index (χ4v) is 5.42. The molecule has 2 fully saturated rings. The second-order valence-electron chi connectivity index (χ2n) is 9.18. The Morgan fingerprint density at radius 1 is 1.03 bits per heavy atom. The predicted octanol–water partition coefficient (Wildman–Crippen LogP) is 3.58. The van der Waals surface area contributed by atoms with Crippen LogP contribution in [0.2, 0.25) is 0 Å². The fraction of sp³-hybridized carbons (Fsp3) is 0.667. The number of ether oxygens (including phenoxy) is 1. The number of phenolic OH excluding ortho intramolecular Hbond substituents is 2. The van der Waals surface area contributed by atoms with E-state index >= 15 is 0 Å². The Morgan fingerprint density at radius 2 is 1.56 bits per heavy atom. The van der Waals surface area contributed by atoms with Crippen LogP contribution in [0.5, 0.6) is 11.5 Å². The smallest absolute Gasteiger partial charge is 0.328 e. The van der Waals surface area contributed by atoms with E-state index in [-0.39, 0.29) is 48.1 Å². The van der Waals surface area contributed by atoms with Crippen molar-refractivity contribution >= 4 is 24.3 Å². The van der Waals surface area contributed by atoms with E-state index < -0.39 is 17.6 Å². The molecule has 1 aromatic rings. The van der Waals surface area contributed by atoms with Crippen molar-refractivity contribution in [2.24, 2.45) is 17.6 Å². The molecule has 32 heavy (non-hydrogen) atoms. The monoisotopic (exact) mass is 468 g/mol. The first-order chi connectivity index (χ1) is 14.9. The first-order valence-electron chi connectivity index (χ1n) is 11.5. The predicted molar refractivity (Wildman–Crippen MR) is 125 cm³/mol. The first-order valence-corrected chi connectivity index (χ1v) is 11.5. The highest BCUT2D eigenvalue weighted by molar-refractivity contribution is 5.91. The number of methoxy groups -OCH3 is 1. The molecule has 5 N–H and O–H groups in total. The van der Waals surface area contributed by atoms with Gasteiger partial charge in [0, 0.05) is 6.42 Å². The summed E-state index contributed by atoms with van der Waals surface area (Å²) < 4.78 is 4.94. The molecule has 0 unspecified atom stereocenters. The third-order valence-corrected chi connectivity index (χ3v) is 7.23. The lowest BCUT2D eigenvalue weighted by atomic mass is 9.64. The number of nitrogens with one attached hydrogen (secondary N) is 1. The number of hydrogen-bond acceptors (Lipinski definition) is 6. The fourth-order valence-electron chi connectivity index (χ4n) is 5.42. The lowest BCUT2D eigenvalue weighted by Gasteiger charge is -2.45. The molecular weight excluding hydrogens is 432 g/mol. The molecule has 180 valence electrons. The van der Waals surface area contributed by atoms with Gasteiger partial charge in [0.15, 0.2) is 11.5 Å². The normalized spacial score (nSPS) is 18.9. The molecule has 1 atom stereocenters. The maximum absolute atomic E-state index is 13.7. The van der Waals surface area contributed by atoms with Crippen molar-refractivity contribution in [3.8, 4) is 11.5 Å². The van der Waals surface area contributed by atoms with E-state index in [1.54, 1.807) is 6.07 Å². The molecular formula is C24H37ClN2O5. The zero-order valence-electron chi connectivity index (χ0n) is 18.8. The van der Waals surface area contributed by atoms with Crippen LogP contribution in [0.3, 0.4) is 0 Å². The van der Waals surface area contributed by atoms with Crippen molar-refractivity contribution in [1.82, 2.24) is 5.32 Å². The third-order valence-electron chi connectivity index (χ3n) is 7.23. The van der Waals surface area contributed by atoms with E-state index in [2.05, 4.69) is 5.32 Å². The van der Waals surface area contributed by atoms with Gasteiger partial charge in [-0.25, -0.2) is 4.79 Å². The summed E-state index contributed by atoms with van der Waals surface area (Å²) >= 11 is 0. The van der Waals surface area contributed by atoms with E-state index in [9.17, 15) is 19.8 Å². The standard InChI is InChI=1S/C24H36N2O5.ClH/c1-31-22(29)19(14-16-12-13-20(27)21(28)15-16)26-23(30)24(25,17-8-4-2-5-9-17)18-10-6-3-7-11-18;/h12-13,15,17-19,27-28H,2-11,14,25H2,1H3,(H,26,30);1H/t19-;/m0./s1. The van der Waals surface area contributed by atoms with Crippen LogP contribution in [0, 0.1) is 11.8 Å². The first kappa shape index (κ1) is 26.3. The average Bonchev–Trinajstić information content (AvgIpc) is 2.81. The molecule has 0 bridgehead atoms. The molecule has 1 amide bonds. The summed E-state index contributed by atoms with van der Waals surface area (Å²) in [5.41, 5.74) is 6.59. The maximum atomic E-state index is 13.7. The number of hydrogen-bond donors (Lipinski definition) is 4. The van der Waals surface area contributed by atoms with Gasteiger partial charge in [-0.2, -0.15) is 0 Å². The van der Waals surface area contributed by atoms with Crippen molar-refractivity contribution in [3.05, 3.63) is 23.8 Å².